The summed E-state index contributed by atoms with van der Waals surface area (Å²) in [6.45, 7) is 3.20. The van der Waals surface area contributed by atoms with Crippen molar-refractivity contribution in [3.05, 3.63) is 54.4 Å². The number of anilines is 1. The highest BCUT2D eigenvalue weighted by Gasteiger charge is 2.46. The lowest BCUT2D eigenvalue weighted by atomic mass is 10.0. The Morgan fingerprint density at radius 3 is 2.74 bits per heavy atom. The molecule has 0 spiro atoms. The summed E-state index contributed by atoms with van der Waals surface area (Å²) in [7, 11) is 1.69. The monoisotopic (exact) mass is 369 g/mol. The van der Waals surface area contributed by atoms with Gasteiger partial charge in [-0.25, -0.2) is 0 Å². The quantitative estimate of drug-likeness (QED) is 0.829. The van der Waals surface area contributed by atoms with E-state index in [0.717, 1.165) is 37.6 Å². The van der Waals surface area contributed by atoms with Gasteiger partial charge >= 0.3 is 0 Å². The van der Waals surface area contributed by atoms with E-state index in [1.165, 1.54) is 5.56 Å². The van der Waals surface area contributed by atoms with Crippen LogP contribution in [0.4, 0.5) is 5.69 Å². The average Bonchev–Trinajstić information content (AvgIpc) is 3.22. The van der Waals surface area contributed by atoms with Gasteiger partial charge in [0.2, 0.25) is 5.91 Å². The Morgan fingerprint density at radius 2 is 2.07 bits per heavy atom. The number of benzene rings is 1. The van der Waals surface area contributed by atoms with Gasteiger partial charge in [0.15, 0.2) is 0 Å². The van der Waals surface area contributed by atoms with E-state index in [0.29, 0.717) is 5.92 Å². The molecule has 3 heterocycles. The Morgan fingerprint density at radius 1 is 1.26 bits per heavy atom. The number of fused-ring (bicyclic) bond motifs is 1. The molecule has 7 heteroatoms. The van der Waals surface area contributed by atoms with Crippen LogP contribution < -0.4 is 9.64 Å². The van der Waals surface area contributed by atoms with Crippen LogP contribution in [0.2, 0.25) is 0 Å². The van der Waals surface area contributed by atoms with Crippen molar-refractivity contribution in [2.45, 2.75) is 6.54 Å². The molecule has 7 nitrogen and oxygen atoms in total. The van der Waals surface area contributed by atoms with Crippen molar-refractivity contribution in [3.8, 4) is 5.75 Å². The third-order valence-corrected chi connectivity index (χ3v) is 5.01. The summed E-state index contributed by atoms with van der Waals surface area (Å²) >= 11 is 0. The third kappa shape index (κ3) is 4.25. The predicted molar refractivity (Wildman–Crippen MR) is 101 cm³/mol. The van der Waals surface area contributed by atoms with Gasteiger partial charge in [0.1, 0.15) is 5.75 Å². The van der Waals surface area contributed by atoms with Crippen molar-refractivity contribution in [2.24, 2.45) is 11.8 Å². The second-order valence-electron chi connectivity index (χ2n) is 6.68. The van der Waals surface area contributed by atoms with Crippen LogP contribution in [0.3, 0.4) is 0 Å². The van der Waals surface area contributed by atoms with Crippen molar-refractivity contribution in [2.75, 3.05) is 31.6 Å². The first kappa shape index (κ1) is 18.8. The lowest BCUT2D eigenvalue weighted by Crippen LogP contribution is -2.32. The second-order valence-corrected chi connectivity index (χ2v) is 6.68. The molecular weight excluding hydrogens is 346 g/mol. The van der Waals surface area contributed by atoms with Crippen LogP contribution in [-0.2, 0) is 16.1 Å². The van der Waals surface area contributed by atoms with E-state index in [4.69, 9.17) is 14.6 Å². The van der Waals surface area contributed by atoms with Crippen molar-refractivity contribution < 1.29 is 19.4 Å². The molecule has 1 aromatic carbocycles. The first-order valence-electron chi connectivity index (χ1n) is 8.80. The van der Waals surface area contributed by atoms with Crippen LogP contribution >= 0.6 is 0 Å². The van der Waals surface area contributed by atoms with Crippen molar-refractivity contribution >= 4 is 18.1 Å². The summed E-state index contributed by atoms with van der Waals surface area (Å²) in [6.07, 6.45) is 3.51. The van der Waals surface area contributed by atoms with Crippen LogP contribution in [0.5, 0.6) is 5.75 Å². The Balaban J connectivity index is 0.000000659. The molecule has 0 saturated carbocycles. The topological polar surface area (TPSA) is 83.0 Å². The minimum atomic E-state index is -0.250. The molecule has 1 amide bonds. The van der Waals surface area contributed by atoms with E-state index in [1.807, 2.05) is 29.2 Å². The van der Waals surface area contributed by atoms with Gasteiger partial charge in [-0.05, 0) is 29.8 Å². The van der Waals surface area contributed by atoms with Crippen LogP contribution in [0.25, 0.3) is 0 Å². The van der Waals surface area contributed by atoms with Crippen LogP contribution in [0.15, 0.2) is 48.8 Å². The maximum Gasteiger partial charge on any atom is 0.290 e. The molecule has 2 aliphatic heterocycles. The molecule has 2 saturated heterocycles. The first-order valence-corrected chi connectivity index (χ1v) is 8.80. The average molecular weight is 369 g/mol. The molecule has 1 aromatic heterocycles. The van der Waals surface area contributed by atoms with Gasteiger partial charge in [0.25, 0.3) is 6.47 Å². The number of rotatable bonds is 4. The molecule has 1 N–H and O–H groups in total. The molecule has 0 bridgehead atoms. The third-order valence-electron chi connectivity index (χ3n) is 5.01. The number of amides is 1. The normalized spacial score (nSPS) is 21.4. The minimum Gasteiger partial charge on any atom is -0.497 e. The number of hydrogen-bond donors (Lipinski definition) is 1. The van der Waals surface area contributed by atoms with Crippen LogP contribution in [0, 0.1) is 11.8 Å². The number of hydrogen-bond acceptors (Lipinski definition) is 5. The van der Waals surface area contributed by atoms with Crippen molar-refractivity contribution in [3.63, 3.8) is 0 Å². The molecule has 2 atom stereocenters. The maximum absolute atomic E-state index is 12.7. The van der Waals surface area contributed by atoms with Gasteiger partial charge < -0.3 is 14.7 Å². The lowest BCUT2D eigenvalue weighted by molar-refractivity contribution is -0.123. The molecule has 142 valence electrons. The van der Waals surface area contributed by atoms with E-state index < -0.39 is 0 Å². The molecular formula is C20H23N3O4. The maximum atomic E-state index is 12.7. The predicted octanol–water partition coefficient (Wildman–Crippen LogP) is 1.89. The zero-order chi connectivity index (χ0) is 19.2. The fraction of sp³-hybridized carbons (Fsp3) is 0.350. The summed E-state index contributed by atoms with van der Waals surface area (Å²) in [5.74, 6) is 1.63. The Hall–Kier alpha value is -2.93. The second kappa shape index (κ2) is 8.64. The standard InChI is InChI=1S/C19H21N3O2.CH2O2/c1-24-17-6-2-4-14(8-17)10-21-11-15-12-22(19(23)18(15)13-21)16-5-3-7-20-9-16;2-1-3/h2-9,15,18H,10-13H2,1H3;1H,(H,2,3)/t15-,18-;/m0./s1. The summed E-state index contributed by atoms with van der Waals surface area (Å²) in [4.78, 5) is 29.5. The van der Waals surface area contributed by atoms with Gasteiger partial charge in [0.05, 0.1) is 24.9 Å². The number of carboxylic acid groups (broad SMARTS) is 1. The van der Waals surface area contributed by atoms with Crippen LogP contribution in [0.1, 0.15) is 5.56 Å². The van der Waals surface area contributed by atoms with Gasteiger partial charge in [-0.3, -0.25) is 19.5 Å². The Bertz CT molecular complexity index is 784. The summed E-state index contributed by atoms with van der Waals surface area (Å²) in [6, 6.07) is 12.0. The zero-order valence-electron chi connectivity index (χ0n) is 15.2. The molecule has 2 fully saturated rings. The number of carbonyl (C=O) groups is 2. The Labute approximate surface area is 158 Å². The molecule has 2 aliphatic rings. The van der Waals surface area contributed by atoms with E-state index >= 15 is 0 Å². The number of methoxy groups -OCH3 is 1. The van der Waals surface area contributed by atoms with Crippen molar-refractivity contribution in [1.82, 2.24) is 9.88 Å². The van der Waals surface area contributed by atoms with Gasteiger partial charge in [0, 0.05) is 38.3 Å². The van der Waals surface area contributed by atoms with Crippen LogP contribution in [-0.4, -0.2) is 54.1 Å². The molecule has 0 unspecified atom stereocenters. The smallest absolute Gasteiger partial charge is 0.290 e. The van der Waals surface area contributed by atoms with Gasteiger partial charge in [-0.2, -0.15) is 0 Å². The van der Waals surface area contributed by atoms with Crippen molar-refractivity contribution in [1.29, 1.82) is 0 Å². The highest BCUT2D eigenvalue weighted by atomic mass is 16.5. The number of aromatic nitrogens is 1. The summed E-state index contributed by atoms with van der Waals surface area (Å²) in [5, 5.41) is 6.89. The highest BCUT2D eigenvalue weighted by Crippen LogP contribution is 2.35. The molecule has 2 aromatic rings. The highest BCUT2D eigenvalue weighted by molar-refractivity contribution is 5.97. The molecule has 27 heavy (non-hydrogen) atoms. The summed E-state index contributed by atoms with van der Waals surface area (Å²) < 4.78 is 5.29. The molecule has 4 rings (SSSR count). The Kier molecular flexibility index (Phi) is 6.03. The summed E-state index contributed by atoms with van der Waals surface area (Å²) in [5.41, 5.74) is 2.14. The number of pyridine rings is 1. The number of nitrogens with zero attached hydrogens (tertiary/aromatic N) is 3. The van der Waals surface area contributed by atoms with E-state index in [9.17, 15) is 4.79 Å². The van der Waals surface area contributed by atoms with Gasteiger partial charge in [-0.1, -0.05) is 12.1 Å². The number of ether oxygens (including phenoxy) is 1. The number of carbonyl (C=O) groups excluding carboxylic acids is 1. The molecule has 0 aliphatic carbocycles. The fourth-order valence-corrected chi connectivity index (χ4v) is 3.85. The largest absolute Gasteiger partial charge is 0.497 e. The fourth-order valence-electron chi connectivity index (χ4n) is 3.85. The SMILES string of the molecule is COc1cccc(CN2C[C@H]3CN(c4cccnc4)C(=O)[C@H]3C2)c1.O=CO. The zero-order valence-corrected chi connectivity index (χ0v) is 15.2. The van der Waals surface area contributed by atoms with E-state index in [2.05, 4.69) is 22.0 Å². The lowest BCUT2D eigenvalue weighted by Gasteiger charge is -2.21. The number of likely N-dealkylation sites (tertiary alicyclic amines) is 1. The molecule has 0 radical (unpaired) electrons. The van der Waals surface area contributed by atoms with E-state index in [-0.39, 0.29) is 18.3 Å². The van der Waals surface area contributed by atoms with E-state index in [1.54, 1.807) is 19.5 Å². The first-order chi connectivity index (χ1) is 13.2. The minimum absolute atomic E-state index is 0.107. The van der Waals surface area contributed by atoms with Gasteiger partial charge in [-0.15, -0.1) is 0 Å².